The first-order valence-electron chi connectivity index (χ1n) is 5.71. The second kappa shape index (κ2) is 8.72. The van der Waals surface area contributed by atoms with E-state index in [1.165, 1.54) is 0 Å². The predicted octanol–water partition coefficient (Wildman–Crippen LogP) is -2.44. The summed E-state index contributed by atoms with van der Waals surface area (Å²) < 4.78 is 0. The van der Waals surface area contributed by atoms with Gasteiger partial charge in [-0.1, -0.05) is 19.3 Å². The minimum atomic E-state index is -1.60. The normalized spacial score (nSPS) is 17.3. The minimum absolute atomic E-state index is 0. The van der Waals surface area contributed by atoms with Gasteiger partial charge in [0.15, 0.2) is 0 Å². The molecule has 1 N–H and O–H groups in total. The molecule has 0 bridgehead atoms. The van der Waals surface area contributed by atoms with Gasteiger partial charge in [0.25, 0.3) is 0 Å². The van der Waals surface area contributed by atoms with Crippen molar-refractivity contribution in [3.63, 3.8) is 0 Å². The fourth-order valence-electron chi connectivity index (χ4n) is 2.01. The molecule has 6 nitrogen and oxygen atoms in total. The molecule has 0 aliphatic heterocycles. The Balaban J connectivity index is 0.00000289. The summed E-state index contributed by atoms with van der Waals surface area (Å²) in [7, 11) is 0. The van der Waals surface area contributed by atoms with Gasteiger partial charge < -0.3 is 25.1 Å². The van der Waals surface area contributed by atoms with E-state index in [0.29, 0.717) is 0 Å². The molecule has 1 amide bonds. The van der Waals surface area contributed by atoms with Gasteiger partial charge >= 0.3 is 37.7 Å². The summed E-state index contributed by atoms with van der Waals surface area (Å²) in [4.78, 5) is 32.6. The van der Waals surface area contributed by atoms with E-state index in [4.69, 9.17) is 0 Å². The van der Waals surface area contributed by atoms with E-state index < -0.39 is 30.3 Å². The summed E-state index contributed by atoms with van der Waals surface area (Å²) in [6, 6.07) is -1.51. The molecule has 18 heavy (non-hydrogen) atoms. The monoisotopic (exact) mass is 281 g/mol. The van der Waals surface area contributed by atoms with Crippen molar-refractivity contribution in [1.29, 1.82) is 0 Å². The SMILES string of the molecule is O=C([O-])CC(NC(=O)C1CCCCC1)C(=O)[O-].[Ca+2]. The molecule has 1 saturated carbocycles. The van der Waals surface area contributed by atoms with Gasteiger partial charge in [-0.05, 0) is 12.8 Å². The van der Waals surface area contributed by atoms with E-state index in [1.807, 2.05) is 0 Å². The Labute approximate surface area is 135 Å². The average Bonchev–Trinajstić information content (AvgIpc) is 2.28. The zero-order chi connectivity index (χ0) is 12.8. The Hall–Kier alpha value is -0.330. The Morgan fingerprint density at radius 3 is 2.11 bits per heavy atom. The van der Waals surface area contributed by atoms with Crippen LogP contribution < -0.4 is 15.5 Å². The van der Waals surface area contributed by atoms with Crippen molar-refractivity contribution in [2.75, 3.05) is 0 Å². The van der Waals surface area contributed by atoms with Crippen molar-refractivity contribution >= 4 is 55.6 Å². The molecule has 7 heteroatoms. The topological polar surface area (TPSA) is 109 Å². The first-order chi connectivity index (χ1) is 8.00. The second-order valence-corrected chi connectivity index (χ2v) is 4.29. The predicted molar refractivity (Wildman–Crippen MR) is 58.9 cm³/mol. The average molecular weight is 281 g/mol. The van der Waals surface area contributed by atoms with Crippen LogP contribution in [0.5, 0.6) is 0 Å². The third-order valence-corrected chi connectivity index (χ3v) is 2.95. The number of rotatable bonds is 5. The van der Waals surface area contributed by atoms with Crippen LogP contribution in [0.25, 0.3) is 0 Å². The maximum absolute atomic E-state index is 11.7. The number of carbonyl (C=O) groups excluding carboxylic acids is 3. The second-order valence-electron chi connectivity index (χ2n) is 4.29. The van der Waals surface area contributed by atoms with Crippen LogP contribution in [0.4, 0.5) is 0 Å². The van der Waals surface area contributed by atoms with Crippen molar-refractivity contribution in [3.8, 4) is 0 Å². The molecule has 96 valence electrons. The molecule has 1 rings (SSSR count). The Morgan fingerprint density at radius 2 is 1.67 bits per heavy atom. The smallest absolute Gasteiger partial charge is 0.550 e. The number of carboxylic acids is 2. The Morgan fingerprint density at radius 1 is 1.11 bits per heavy atom. The Kier molecular flexibility index (Phi) is 8.56. The van der Waals surface area contributed by atoms with Crippen LogP contribution in [0, 0.1) is 5.92 Å². The van der Waals surface area contributed by atoms with Gasteiger partial charge in [0.1, 0.15) is 0 Å². The molecule has 0 heterocycles. The van der Waals surface area contributed by atoms with Crippen LogP contribution in [-0.4, -0.2) is 61.6 Å². The van der Waals surface area contributed by atoms with Crippen molar-refractivity contribution in [3.05, 3.63) is 0 Å². The quantitative estimate of drug-likeness (QED) is 0.563. The summed E-state index contributed by atoms with van der Waals surface area (Å²) in [6.07, 6.45) is 3.63. The zero-order valence-electron chi connectivity index (χ0n) is 10.1. The van der Waals surface area contributed by atoms with Crippen molar-refractivity contribution in [2.45, 2.75) is 44.6 Å². The van der Waals surface area contributed by atoms with Gasteiger partial charge in [-0.2, -0.15) is 0 Å². The zero-order valence-corrected chi connectivity index (χ0v) is 12.4. The molecular weight excluding hydrogens is 266 g/mol. The van der Waals surface area contributed by atoms with E-state index in [0.717, 1.165) is 32.1 Å². The van der Waals surface area contributed by atoms with Crippen molar-refractivity contribution < 1.29 is 24.6 Å². The summed E-state index contributed by atoms with van der Waals surface area (Å²) in [5.74, 6) is -3.74. The number of amides is 1. The first kappa shape index (κ1) is 17.7. The van der Waals surface area contributed by atoms with Gasteiger partial charge in [-0.3, -0.25) is 4.79 Å². The van der Waals surface area contributed by atoms with Crippen LogP contribution in [0.15, 0.2) is 0 Å². The minimum Gasteiger partial charge on any atom is -0.550 e. The largest absolute Gasteiger partial charge is 2.00 e. The van der Waals surface area contributed by atoms with Crippen LogP contribution in [0.2, 0.25) is 0 Å². The van der Waals surface area contributed by atoms with Gasteiger partial charge in [0.05, 0.1) is 12.0 Å². The first-order valence-corrected chi connectivity index (χ1v) is 5.71. The van der Waals surface area contributed by atoms with Gasteiger partial charge in [-0.25, -0.2) is 0 Å². The molecule has 0 aromatic heterocycles. The summed E-state index contributed by atoms with van der Waals surface area (Å²) in [5.41, 5.74) is 0. The molecule has 1 aliphatic rings. The fourth-order valence-corrected chi connectivity index (χ4v) is 2.01. The van der Waals surface area contributed by atoms with Gasteiger partial charge in [-0.15, -0.1) is 0 Å². The van der Waals surface area contributed by atoms with Gasteiger partial charge in [0.2, 0.25) is 5.91 Å². The maximum Gasteiger partial charge on any atom is 2.00 e. The third-order valence-electron chi connectivity index (χ3n) is 2.95. The number of hydrogen-bond donors (Lipinski definition) is 1. The summed E-state index contributed by atoms with van der Waals surface area (Å²) in [6.45, 7) is 0. The molecule has 1 unspecified atom stereocenters. The maximum atomic E-state index is 11.7. The van der Waals surface area contributed by atoms with Crippen LogP contribution in [-0.2, 0) is 14.4 Å². The van der Waals surface area contributed by atoms with E-state index in [2.05, 4.69) is 5.32 Å². The molecular formula is C11H15CaNO5. The molecule has 1 atom stereocenters. The van der Waals surface area contributed by atoms with Crippen molar-refractivity contribution in [2.24, 2.45) is 5.92 Å². The van der Waals surface area contributed by atoms with Crippen LogP contribution in [0.1, 0.15) is 38.5 Å². The van der Waals surface area contributed by atoms with Crippen molar-refractivity contribution in [1.82, 2.24) is 5.32 Å². The van der Waals surface area contributed by atoms with E-state index in [-0.39, 0.29) is 43.7 Å². The fraction of sp³-hybridized carbons (Fsp3) is 0.727. The molecule has 1 fully saturated rings. The third kappa shape index (κ3) is 6.02. The number of carboxylic acid groups (broad SMARTS) is 2. The van der Waals surface area contributed by atoms with Crippen LogP contribution in [0.3, 0.4) is 0 Å². The molecule has 0 radical (unpaired) electrons. The van der Waals surface area contributed by atoms with E-state index in [9.17, 15) is 24.6 Å². The molecule has 1 aliphatic carbocycles. The van der Waals surface area contributed by atoms with E-state index >= 15 is 0 Å². The summed E-state index contributed by atoms with van der Waals surface area (Å²) >= 11 is 0. The summed E-state index contributed by atoms with van der Waals surface area (Å²) in [5, 5.41) is 23.2. The molecule has 0 aromatic carbocycles. The molecule has 0 saturated heterocycles. The number of nitrogens with one attached hydrogen (secondary N) is 1. The molecule has 0 aromatic rings. The standard InChI is InChI=1S/C11H17NO5.Ca/c13-9(14)6-8(11(16)17)12-10(15)7-4-2-1-3-5-7;/h7-8H,1-6H2,(H,12,15)(H,13,14)(H,16,17);/q;+2/p-2. The Bertz CT molecular complexity index is 315. The van der Waals surface area contributed by atoms with Gasteiger partial charge in [0, 0.05) is 18.3 Å². The van der Waals surface area contributed by atoms with E-state index in [1.54, 1.807) is 0 Å². The number of hydrogen-bond acceptors (Lipinski definition) is 5. The number of aliphatic carboxylic acids is 2. The molecule has 0 spiro atoms. The number of carbonyl (C=O) groups is 3. The van der Waals surface area contributed by atoms with Crippen LogP contribution >= 0.6 is 0 Å².